The number of hydrogen-bond acceptors (Lipinski definition) is 4. The first-order chi connectivity index (χ1) is 12.0. The minimum absolute atomic E-state index is 0. The third kappa shape index (κ3) is 4.97. The van der Waals surface area contributed by atoms with Gasteiger partial charge in [0.15, 0.2) is 0 Å². The molecule has 0 unspecified atom stereocenters. The molecule has 3 N–H and O–H groups in total. The fourth-order valence-electron chi connectivity index (χ4n) is 4.03. The Morgan fingerprint density at radius 2 is 2.00 bits per heavy atom. The van der Waals surface area contributed by atoms with E-state index in [0.29, 0.717) is 12.5 Å². The minimum atomic E-state index is -3.41. The van der Waals surface area contributed by atoms with Crippen molar-refractivity contribution in [1.82, 2.24) is 15.4 Å². The van der Waals surface area contributed by atoms with E-state index < -0.39 is 10.0 Å². The topological polar surface area (TPSA) is 87.3 Å². The van der Waals surface area contributed by atoms with Gasteiger partial charge in [-0.1, -0.05) is 43.2 Å². The van der Waals surface area contributed by atoms with Crippen molar-refractivity contribution in [2.75, 3.05) is 25.4 Å². The molecule has 2 fully saturated rings. The second-order valence-corrected chi connectivity index (χ2v) is 9.04. The number of benzene rings is 1. The molecule has 146 valence electrons. The van der Waals surface area contributed by atoms with Crippen LogP contribution >= 0.6 is 12.4 Å². The minimum Gasteiger partial charge on any atom is -0.354 e. The molecule has 1 heterocycles. The van der Waals surface area contributed by atoms with Crippen LogP contribution < -0.4 is 15.4 Å². The average molecular weight is 402 g/mol. The van der Waals surface area contributed by atoms with Crippen LogP contribution in [-0.4, -0.2) is 39.7 Å². The number of hydrogen-bond donors (Lipinski definition) is 3. The second kappa shape index (κ2) is 9.17. The number of carbonyl (C=O) groups excluding carboxylic acids is 1. The summed E-state index contributed by atoms with van der Waals surface area (Å²) >= 11 is 0. The van der Waals surface area contributed by atoms with Gasteiger partial charge in [-0.05, 0) is 30.9 Å². The number of nitrogens with one attached hydrogen (secondary N) is 3. The van der Waals surface area contributed by atoms with Crippen LogP contribution in [0.3, 0.4) is 0 Å². The van der Waals surface area contributed by atoms with Crippen LogP contribution in [0.1, 0.15) is 31.2 Å². The maximum atomic E-state index is 12.7. The van der Waals surface area contributed by atoms with E-state index >= 15 is 0 Å². The van der Waals surface area contributed by atoms with Gasteiger partial charge in [0.1, 0.15) is 0 Å². The van der Waals surface area contributed by atoms with E-state index in [1.165, 1.54) is 6.42 Å². The van der Waals surface area contributed by atoms with Crippen LogP contribution in [0.4, 0.5) is 0 Å². The predicted octanol–water partition coefficient (Wildman–Crippen LogP) is 1.42. The van der Waals surface area contributed by atoms with Crippen LogP contribution in [0.2, 0.25) is 0 Å². The van der Waals surface area contributed by atoms with Gasteiger partial charge in [-0.25, -0.2) is 13.1 Å². The normalized spacial score (nSPS) is 25.2. The standard InChI is InChI=1S/C18H27N3O3S.ClH/c22-17(18-9-5-4-8-16(18)13-19-14-18)20-10-11-25(23,24)21-12-15-6-2-1-3-7-15;/h1-3,6-7,16,19,21H,4-5,8-14H2,(H,20,22);1H/t16-,18+;/m0./s1. The highest BCUT2D eigenvalue weighted by Crippen LogP contribution is 2.43. The number of amides is 1. The zero-order valence-electron chi connectivity index (χ0n) is 14.9. The molecule has 2 aliphatic rings. The molecule has 8 heteroatoms. The predicted molar refractivity (Wildman–Crippen MR) is 105 cm³/mol. The summed E-state index contributed by atoms with van der Waals surface area (Å²) in [5.41, 5.74) is 0.579. The van der Waals surface area contributed by atoms with Crippen LogP contribution in [-0.2, 0) is 21.4 Å². The molecule has 1 aliphatic heterocycles. The Hall–Kier alpha value is -1.15. The van der Waals surface area contributed by atoms with Crippen LogP contribution in [0, 0.1) is 11.3 Å². The van der Waals surface area contributed by atoms with Gasteiger partial charge in [-0.15, -0.1) is 12.4 Å². The van der Waals surface area contributed by atoms with Crippen molar-refractivity contribution in [3.05, 3.63) is 35.9 Å². The number of halogens is 1. The molecule has 26 heavy (non-hydrogen) atoms. The third-order valence-electron chi connectivity index (χ3n) is 5.49. The summed E-state index contributed by atoms with van der Waals surface area (Å²) in [4.78, 5) is 12.7. The molecule has 6 nitrogen and oxygen atoms in total. The highest BCUT2D eigenvalue weighted by Gasteiger charge is 2.49. The highest BCUT2D eigenvalue weighted by molar-refractivity contribution is 7.89. The fourth-order valence-corrected chi connectivity index (χ4v) is 4.93. The van der Waals surface area contributed by atoms with E-state index in [0.717, 1.165) is 31.4 Å². The van der Waals surface area contributed by atoms with Crippen LogP contribution in [0.25, 0.3) is 0 Å². The summed E-state index contributed by atoms with van der Waals surface area (Å²) in [7, 11) is -3.41. The summed E-state index contributed by atoms with van der Waals surface area (Å²) in [5.74, 6) is 0.300. The number of rotatable bonds is 7. The van der Waals surface area contributed by atoms with Gasteiger partial charge in [0.2, 0.25) is 15.9 Å². The first-order valence-electron chi connectivity index (χ1n) is 9.02. The average Bonchev–Trinajstić information content (AvgIpc) is 3.06. The van der Waals surface area contributed by atoms with E-state index in [-0.39, 0.29) is 42.6 Å². The summed E-state index contributed by atoms with van der Waals surface area (Å²) < 4.78 is 26.8. The second-order valence-electron chi connectivity index (χ2n) is 7.11. The molecule has 0 radical (unpaired) electrons. The van der Waals surface area contributed by atoms with E-state index in [1.807, 2.05) is 30.3 Å². The molecule has 0 aromatic heterocycles. The summed E-state index contributed by atoms with van der Waals surface area (Å²) in [5, 5.41) is 6.21. The third-order valence-corrected chi connectivity index (χ3v) is 6.81. The number of fused-ring (bicyclic) bond motifs is 1. The largest absolute Gasteiger partial charge is 0.354 e. The highest BCUT2D eigenvalue weighted by atomic mass is 35.5. The van der Waals surface area contributed by atoms with Crippen molar-refractivity contribution in [1.29, 1.82) is 0 Å². The van der Waals surface area contributed by atoms with Crippen molar-refractivity contribution in [3.63, 3.8) is 0 Å². The molecule has 1 saturated heterocycles. The quantitative estimate of drug-likeness (QED) is 0.644. The SMILES string of the molecule is Cl.O=C(NCCS(=O)(=O)NCc1ccccc1)[C@@]12CCCC[C@H]1CNC2. The smallest absolute Gasteiger partial charge is 0.227 e. The molecule has 1 amide bonds. The monoisotopic (exact) mass is 401 g/mol. The first kappa shape index (κ1) is 21.2. The lowest BCUT2D eigenvalue weighted by atomic mass is 9.67. The molecule has 2 atom stereocenters. The Balaban J connectivity index is 0.00000243. The van der Waals surface area contributed by atoms with Crippen LogP contribution in [0.15, 0.2) is 30.3 Å². The van der Waals surface area contributed by atoms with Gasteiger partial charge >= 0.3 is 0 Å². The molecular formula is C18H28ClN3O3S. The lowest BCUT2D eigenvalue weighted by molar-refractivity contribution is -0.133. The first-order valence-corrected chi connectivity index (χ1v) is 10.7. The Morgan fingerprint density at radius 1 is 1.23 bits per heavy atom. The maximum absolute atomic E-state index is 12.7. The van der Waals surface area contributed by atoms with Crippen molar-refractivity contribution < 1.29 is 13.2 Å². The zero-order chi connectivity index (χ0) is 17.8. The lowest BCUT2D eigenvalue weighted by Crippen LogP contribution is -2.49. The fraction of sp³-hybridized carbons (Fsp3) is 0.611. The van der Waals surface area contributed by atoms with E-state index in [4.69, 9.17) is 0 Å². The number of carbonyl (C=O) groups is 1. The molecule has 0 spiro atoms. The Labute approximate surface area is 162 Å². The molecule has 0 bridgehead atoms. The Kier molecular flexibility index (Phi) is 7.46. The van der Waals surface area contributed by atoms with Crippen molar-refractivity contribution in [2.24, 2.45) is 11.3 Å². The van der Waals surface area contributed by atoms with Crippen LogP contribution in [0.5, 0.6) is 0 Å². The molecule has 3 rings (SSSR count). The van der Waals surface area contributed by atoms with Gasteiger partial charge in [0.25, 0.3) is 0 Å². The van der Waals surface area contributed by atoms with Gasteiger partial charge in [-0.2, -0.15) is 0 Å². The molecule has 1 aliphatic carbocycles. The van der Waals surface area contributed by atoms with Gasteiger partial charge in [-0.3, -0.25) is 4.79 Å². The lowest BCUT2D eigenvalue weighted by Gasteiger charge is -2.37. The molecule has 1 aromatic carbocycles. The van der Waals surface area contributed by atoms with Gasteiger partial charge in [0.05, 0.1) is 11.2 Å². The number of sulfonamides is 1. The molecular weight excluding hydrogens is 374 g/mol. The Bertz CT molecular complexity index is 699. The van der Waals surface area contributed by atoms with E-state index in [2.05, 4.69) is 15.4 Å². The summed E-state index contributed by atoms with van der Waals surface area (Å²) in [6, 6.07) is 9.39. The Morgan fingerprint density at radius 3 is 2.77 bits per heavy atom. The van der Waals surface area contributed by atoms with E-state index in [9.17, 15) is 13.2 Å². The molecule has 1 saturated carbocycles. The van der Waals surface area contributed by atoms with Crippen molar-refractivity contribution >= 4 is 28.3 Å². The van der Waals surface area contributed by atoms with Crippen molar-refractivity contribution in [2.45, 2.75) is 32.2 Å². The molecule has 1 aromatic rings. The maximum Gasteiger partial charge on any atom is 0.227 e. The summed E-state index contributed by atoms with van der Waals surface area (Å²) in [6.45, 7) is 2.03. The zero-order valence-corrected chi connectivity index (χ0v) is 16.5. The summed E-state index contributed by atoms with van der Waals surface area (Å²) in [6.07, 6.45) is 4.23. The van der Waals surface area contributed by atoms with Crippen molar-refractivity contribution in [3.8, 4) is 0 Å². The van der Waals surface area contributed by atoms with Gasteiger partial charge < -0.3 is 10.6 Å². The van der Waals surface area contributed by atoms with E-state index in [1.54, 1.807) is 0 Å². The van der Waals surface area contributed by atoms with Gasteiger partial charge in [0, 0.05) is 19.6 Å².